The molecule has 0 spiro atoms. The van der Waals surface area contributed by atoms with E-state index in [1.165, 1.54) is 0 Å². The van der Waals surface area contributed by atoms with Crippen LogP contribution in [0.1, 0.15) is 31.0 Å². The Morgan fingerprint density at radius 2 is 2.04 bits per heavy atom. The summed E-state index contributed by atoms with van der Waals surface area (Å²) in [6.07, 6.45) is -3.61. The molecule has 1 amide bonds. The normalized spacial score (nSPS) is 12.1. The number of amides is 1. The van der Waals surface area contributed by atoms with E-state index < -0.39 is 11.9 Å². The molecule has 0 saturated carbocycles. The van der Waals surface area contributed by atoms with Gasteiger partial charge in [-0.25, -0.2) is 9.98 Å². The molecule has 3 N–H and O–H groups in total. The zero-order valence-corrected chi connectivity index (χ0v) is 13.8. The molecular formula is C13H20F3N5OS. The van der Waals surface area contributed by atoms with E-state index in [0.717, 1.165) is 23.1 Å². The van der Waals surface area contributed by atoms with E-state index in [2.05, 4.69) is 25.9 Å². The predicted octanol–water partition coefficient (Wildman–Crippen LogP) is 1.74. The first-order valence-electron chi connectivity index (χ1n) is 7.17. The fraction of sp³-hybridized carbons (Fsp3) is 0.615. The Bertz CT molecular complexity index is 530. The van der Waals surface area contributed by atoms with E-state index in [0.29, 0.717) is 24.1 Å². The van der Waals surface area contributed by atoms with Crippen molar-refractivity contribution >= 4 is 23.2 Å². The van der Waals surface area contributed by atoms with Gasteiger partial charge in [0.25, 0.3) is 0 Å². The van der Waals surface area contributed by atoms with Crippen LogP contribution < -0.4 is 16.0 Å². The van der Waals surface area contributed by atoms with Crippen LogP contribution in [0, 0.1) is 0 Å². The van der Waals surface area contributed by atoms with Gasteiger partial charge in [0.15, 0.2) is 11.7 Å². The van der Waals surface area contributed by atoms with Gasteiger partial charge in [-0.15, -0.1) is 11.3 Å². The summed E-state index contributed by atoms with van der Waals surface area (Å²) in [4.78, 5) is 19.1. The number of nitrogens with one attached hydrogen (secondary N) is 3. The molecule has 130 valence electrons. The SMILES string of the molecule is CCCNC(=O)CN=C(NCC)NCc1nc(C(F)(F)F)cs1. The number of thiazole rings is 1. The number of carbonyl (C=O) groups excluding carboxylic acids is 1. The molecule has 1 rings (SSSR count). The number of aromatic nitrogens is 1. The molecule has 1 aromatic rings. The second-order valence-corrected chi connectivity index (χ2v) is 5.47. The van der Waals surface area contributed by atoms with Gasteiger partial charge in [-0.05, 0) is 13.3 Å². The molecule has 0 atom stereocenters. The van der Waals surface area contributed by atoms with Gasteiger partial charge < -0.3 is 16.0 Å². The smallest absolute Gasteiger partial charge is 0.357 e. The molecule has 0 fully saturated rings. The number of aliphatic imine (C=N–C) groups is 1. The number of guanidine groups is 1. The standard InChI is InChI=1S/C13H20F3N5OS/c1-3-5-18-10(22)6-19-12(17-4-2)20-7-11-21-9(8-23-11)13(14,15)16/h8H,3-7H2,1-2H3,(H,18,22)(H2,17,19,20). The Labute approximate surface area is 136 Å². The van der Waals surface area contributed by atoms with Crippen LogP contribution in [-0.4, -0.2) is 36.5 Å². The van der Waals surface area contributed by atoms with Crippen molar-refractivity contribution in [1.29, 1.82) is 0 Å². The Kier molecular flexibility index (Phi) is 7.79. The number of hydrogen-bond donors (Lipinski definition) is 3. The summed E-state index contributed by atoms with van der Waals surface area (Å²) in [5.74, 6) is 0.139. The maximum Gasteiger partial charge on any atom is 0.434 e. The Hall–Kier alpha value is -1.84. The van der Waals surface area contributed by atoms with Crippen molar-refractivity contribution in [3.63, 3.8) is 0 Å². The van der Waals surface area contributed by atoms with Gasteiger partial charge in [0.2, 0.25) is 5.91 Å². The lowest BCUT2D eigenvalue weighted by atomic mass is 10.4. The van der Waals surface area contributed by atoms with Crippen LogP contribution in [-0.2, 0) is 17.5 Å². The highest BCUT2D eigenvalue weighted by Gasteiger charge is 2.33. The molecule has 0 aliphatic carbocycles. The van der Waals surface area contributed by atoms with Crippen LogP contribution in [0.5, 0.6) is 0 Å². The number of carbonyl (C=O) groups is 1. The minimum atomic E-state index is -4.44. The third-order valence-corrected chi connectivity index (χ3v) is 3.40. The fourth-order valence-corrected chi connectivity index (χ4v) is 2.24. The lowest BCUT2D eigenvalue weighted by Gasteiger charge is -2.10. The van der Waals surface area contributed by atoms with E-state index in [-0.39, 0.29) is 19.0 Å². The van der Waals surface area contributed by atoms with Gasteiger partial charge in [0.1, 0.15) is 11.6 Å². The number of hydrogen-bond acceptors (Lipinski definition) is 4. The van der Waals surface area contributed by atoms with Crippen LogP contribution in [0.4, 0.5) is 13.2 Å². The molecule has 0 aliphatic rings. The van der Waals surface area contributed by atoms with Crippen molar-refractivity contribution in [3.8, 4) is 0 Å². The van der Waals surface area contributed by atoms with Crippen LogP contribution in [0.25, 0.3) is 0 Å². The molecule has 1 heterocycles. The van der Waals surface area contributed by atoms with Crippen LogP contribution in [0.3, 0.4) is 0 Å². The molecule has 1 aromatic heterocycles. The zero-order valence-electron chi connectivity index (χ0n) is 13.0. The molecule has 6 nitrogen and oxygen atoms in total. The summed E-state index contributed by atoms with van der Waals surface area (Å²) < 4.78 is 37.4. The maximum atomic E-state index is 12.5. The highest BCUT2D eigenvalue weighted by Crippen LogP contribution is 2.29. The van der Waals surface area contributed by atoms with Crippen molar-refractivity contribution in [1.82, 2.24) is 20.9 Å². The molecule has 0 aromatic carbocycles. The van der Waals surface area contributed by atoms with Crippen molar-refractivity contribution in [2.75, 3.05) is 19.6 Å². The van der Waals surface area contributed by atoms with Crippen LogP contribution >= 0.6 is 11.3 Å². The molecule has 23 heavy (non-hydrogen) atoms. The molecule has 0 radical (unpaired) electrons. The second-order valence-electron chi connectivity index (χ2n) is 4.52. The quantitative estimate of drug-likeness (QED) is 0.517. The fourth-order valence-electron chi connectivity index (χ4n) is 1.49. The van der Waals surface area contributed by atoms with E-state index in [1.807, 2.05) is 13.8 Å². The predicted molar refractivity (Wildman–Crippen MR) is 83.2 cm³/mol. The minimum absolute atomic E-state index is 0.0546. The van der Waals surface area contributed by atoms with E-state index in [9.17, 15) is 18.0 Å². The van der Waals surface area contributed by atoms with Crippen molar-refractivity contribution < 1.29 is 18.0 Å². The topological polar surface area (TPSA) is 78.4 Å². The second kappa shape index (κ2) is 9.33. The summed E-state index contributed by atoms with van der Waals surface area (Å²) in [5.41, 5.74) is -0.903. The van der Waals surface area contributed by atoms with Gasteiger partial charge in [-0.3, -0.25) is 4.79 Å². The number of nitrogens with zero attached hydrogens (tertiary/aromatic N) is 2. The first kappa shape index (κ1) is 19.2. The summed E-state index contributed by atoms with van der Waals surface area (Å²) >= 11 is 0.916. The first-order valence-corrected chi connectivity index (χ1v) is 8.05. The third-order valence-electron chi connectivity index (χ3n) is 2.55. The molecule has 0 unspecified atom stereocenters. The summed E-state index contributed by atoms with van der Waals surface area (Å²) in [6.45, 7) is 4.98. The summed E-state index contributed by atoms with van der Waals surface area (Å²) in [6, 6.07) is 0. The van der Waals surface area contributed by atoms with Gasteiger partial charge >= 0.3 is 6.18 Å². The number of halogens is 3. The maximum absolute atomic E-state index is 12.5. The van der Waals surface area contributed by atoms with Crippen LogP contribution in [0.2, 0.25) is 0 Å². The molecule has 0 saturated heterocycles. The van der Waals surface area contributed by atoms with Crippen LogP contribution in [0.15, 0.2) is 10.4 Å². The first-order chi connectivity index (χ1) is 10.9. The average Bonchev–Trinajstić information content (AvgIpc) is 2.97. The monoisotopic (exact) mass is 351 g/mol. The number of alkyl halides is 3. The summed E-state index contributed by atoms with van der Waals surface area (Å²) in [5, 5.41) is 9.72. The third kappa shape index (κ3) is 7.31. The zero-order chi connectivity index (χ0) is 17.3. The Balaban J connectivity index is 2.55. The van der Waals surface area contributed by atoms with E-state index >= 15 is 0 Å². The van der Waals surface area contributed by atoms with Gasteiger partial charge in [0, 0.05) is 18.5 Å². The number of rotatable bonds is 7. The molecule has 0 bridgehead atoms. The van der Waals surface area contributed by atoms with Gasteiger partial charge in [-0.1, -0.05) is 6.92 Å². The van der Waals surface area contributed by atoms with Crippen molar-refractivity contribution in [2.24, 2.45) is 4.99 Å². The molecular weight excluding hydrogens is 331 g/mol. The Morgan fingerprint density at radius 1 is 1.30 bits per heavy atom. The molecule has 0 aliphatic heterocycles. The highest BCUT2D eigenvalue weighted by molar-refractivity contribution is 7.09. The van der Waals surface area contributed by atoms with Gasteiger partial charge in [0.05, 0.1) is 6.54 Å². The van der Waals surface area contributed by atoms with Crippen molar-refractivity contribution in [3.05, 3.63) is 16.1 Å². The van der Waals surface area contributed by atoms with E-state index in [1.54, 1.807) is 0 Å². The van der Waals surface area contributed by atoms with Crippen molar-refractivity contribution in [2.45, 2.75) is 33.0 Å². The van der Waals surface area contributed by atoms with E-state index in [4.69, 9.17) is 0 Å². The largest absolute Gasteiger partial charge is 0.434 e. The lowest BCUT2D eigenvalue weighted by Crippen LogP contribution is -2.38. The lowest BCUT2D eigenvalue weighted by molar-refractivity contribution is -0.140. The highest BCUT2D eigenvalue weighted by atomic mass is 32.1. The Morgan fingerprint density at radius 3 is 2.61 bits per heavy atom. The summed E-state index contributed by atoms with van der Waals surface area (Å²) in [7, 11) is 0. The minimum Gasteiger partial charge on any atom is -0.357 e. The van der Waals surface area contributed by atoms with Gasteiger partial charge in [-0.2, -0.15) is 13.2 Å². The molecule has 10 heteroatoms. The average molecular weight is 351 g/mol.